The molecule has 0 saturated carbocycles. The molecule has 2 aliphatic heterocycles. The van der Waals surface area contributed by atoms with E-state index in [0.717, 1.165) is 34.7 Å². The number of ether oxygens (including phenoxy) is 2. The number of hydrogen-bond donors (Lipinski definition) is 0. The van der Waals surface area contributed by atoms with Crippen molar-refractivity contribution >= 4 is 81.0 Å². The Balaban J connectivity index is 1.89. The molecule has 2 aliphatic rings. The smallest absolute Gasteiger partial charge is 0.346 e. The predicted molar refractivity (Wildman–Crippen MR) is 137 cm³/mol. The van der Waals surface area contributed by atoms with E-state index in [1.807, 2.05) is 49.6 Å². The van der Waals surface area contributed by atoms with E-state index in [1.165, 1.54) is 25.6 Å². The Hall–Kier alpha value is -2.40. The number of carbonyl (C=O) groups excluding carboxylic acids is 3. The van der Waals surface area contributed by atoms with E-state index in [4.69, 9.17) is 21.7 Å². The first kappa shape index (κ1) is 23.7. The molecule has 0 spiro atoms. The molecule has 33 heavy (non-hydrogen) atoms. The van der Waals surface area contributed by atoms with E-state index >= 15 is 0 Å². The van der Waals surface area contributed by atoms with E-state index in [-0.39, 0.29) is 15.7 Å². The van der Waals surface area contributed by atoms with Crippen molar-refractivity contribution in [3.63, 3.8) is 0 Å². The van der Waals surface area contributed by atoms with Gasteiger partial charge in [-0.25, -0.2) is 9.59 Å². The molecule has 1 amide bonds. The highest BCUT2D eigenvalue weighted by atomic mass is 32.2. The molecule has 2 aromatic rings. The van der Waals surface area contributed by atoms with Gasteiger partial charge in [0.2, 0.25) is 0 Å². The van der Waals surface area contributed by atoms with Crippen LogP contribution in [0, 0.1) is 0 Å². The molecule has 0 radical (unpaired) electrons. The number of thiophene rings is 1. The molecule has 0 fully saturated rings. The third-order valence-corrected chi connectivity index (χ3v) is 9.35. The Bertz CT molecular complexity index is 1210. The van der Waals surface area contributed by atoms with Crippen LogP contribution < -0.4 is 4.90 Å². The molecule has 10 heteroatoms. The number of carbonyl (C=O) groups is 3. The van der Waals surface area contributed by atoms with Crippen LogP contribution in [0.5, 0.6) is 0 Å². The molecule has 3 heterocycles. The third kappa shape index (κ3) is 3.95. The fourth-order valence-electron chi connectivity index (χ4n) is 3.64. The van der Waals surface area contributed by atoms with Crippen LogP contribution in [-0.4, -0.2) is 42.5 Å². The summed E-state index contributed by atoms with van der Waals surface area (Å²) in [4.78, 5) is 41.4. The minimum atomic E-state index is -0.840. The molecular formula is C23H19NO5S4. The predicted octanol–water partition coefficient (Wildman–Crippen LogP) is 5.26. The molecule has 0 saturated heterocycles. The lowest BCUT2D eigenvalue weighted by Gasteiger charge is -2.45. The zero-order chi connectivity index (χ0) is 23.9. The highest BCUT2D eigenvalue weighted by molar-refractivity contribution is 8.29. The number of benzene rings is 1. The lowest BCUT2D eigenvalue weighted by molar-refractivity contribution is -0.138. The summed E-state index contributed by atoms with van der Waals surface area (Å²) >= 11 is 9.59. The van der Waals surface area contributed by atoms with Crippen molar-refractivity contribution in [3.8, 4) is 0 Å². The second-order valence-corrected chi connectivity index (χ2v) is 11.2. The van der Waals surface area contributed by atoms with Gasteiger partial charge in [-0.05, 0) is 31.4 Å². The highest BCUT2D eigenvalue weighted by Gasteiger charge is 2.46. The van der Waals surface area contributed by atoms with Crippen molar-refractivity contribution in [2.75, 3.05) is 19.1 Å². The number of para-hydroxylation sites is 1. The van der Waals surface area contributed by atoms with Crippen LogP contribution in [0.25, 0.3) is 5.57 Å². The molecule has 0 bridgehead atoms. The fourth-order valence-corrected chi connectivity index (χ4v) is 7.33. The number of thiocarbonyl (C=S) groups is 1. The van der Waals surface area contributed by atoms with Crippen molar-refractivity contribution in [2.45, 2.75) is 19.4 Å². The van der Waals surface area contributed by atoms with Gasteiger partial charge in [0.1, 0.15) is 9.81 Å². The van der Waals surface area contributed by atoms with Gasteiger partial charge in [-0.15, -0.1) is 11.3 Å². The summed E-state index contributed by atoms with van der Waals surface area (Å²) in [7, 11) is 2.52. The van der Waals surface area contributed by atoms with Crippen LogP contribution in [-0.2, 0) is 19.1 Å². The maximum Gasteiger partial charge on any atom is 0.346 e. The minimum absolute atomic E-state index is 0.135. The number of esters is 2. The molecule has 1 aromatic heterocycles. The van der Waals surface area contributed by atoms with Crippen LogP contribution in [0.1, 0.15) is 29.1 Å². The Kier molecular flexibility index (Phi) is 6.54. The van der Waals surface area contributed by atoms with Crippen LogP contribution in [0.4, 0.5) is 5.69 Å². The lowest BCUT2D eigenvalue weighted by Crippen LogP contribution is -2.55. The van der Waals surface area contributed by atoms with Gasteiger partial charge in [-0.2, -0.15) is 0 Å². The van der Waals surface area contributed by atoms with Gasteiger partial charge in [0.05, 0.1) is 39.4 Å². The minimum Gasteiger partial charge on any atom is -0.465 e. The first-order chi connectivity index (χ1) is 15.7. The summed E-state index contributed by atoms with van der Waals surface area (Å²) in [6.45, 7) is 3.80. The Morgan fingerprint density at radius 1 is 0.939 bits per heavy atom. The molecule has 0 N–H and O–H groups in total. The summed E-state index contributed by atoms with van der Waals surface area (Å²) in [6.07, 6.45) is 0. The van der Waals surface area contributed by atoms with Gasteiger partial charge >= 0.3 is 11.9 Å². The van der Waals surface area contributed by atoms with Crippen molar-refractivity contribution in [3.05, 3.63) is 66.3 Å². The highest BCUT2D eigenvalue weighted by Crippen LogP contribution is 2.56. The summed E-state index contributed by atoms with van der Waals surface area (Å²) in [5, 5.41) is 1.86. The number of rotatable bonds is 3. The summed E-state index contributed by atoms with van der Waals surface area (Å²) < 4.78 is 10.4. The number of nitrogens with zero attached hydrogens (tertiary/aromatic N) is 1. The summed E-state index contributed by atoms with van der Waals surface area (Å²) in [5.41, 5.74) is 1.35. The van der Waals surface area contributed by atoms with E-state index in [1.54, 1.807) is 11.0 Å². The second kappa shape index (κ2) is 9.09. The lowest BCUT2D eigenvalue weighted by atomic mass is 9.83. The van der Waals surface area contributed by atoms with E-state index < -0.39 is 17.5 Å². The maximum absolute atomic E-state index is 13.5. The van der Waals surface area contributed by atoms with Crippen molar-refractivity contribution in [1.82, 2.24) is 0 Å². The van der Waals surface area contributed by atoms with Crippen molar-refractivity contribution < 1.29 is 23.9 Å². The van der Waals surface area contributed by atoms with Crippen LogP contribution in [0.3, 0.4) is 0 Å². The number of thioether (sulfide) groups is 2. The summed E-state index contributed by atoms with van der Waals surface area (Å²) in [6, 6.07) is 11.1. The number of hydrogen-bond acceptors (Lipinski definition) is 9. The molecule has 4 rings (SSSR count). The summed E-state index contributed by atoms with van der Waals surface area (Å²) in [5.74, 6) is -1.37. The zero-order valence-corrected chi connectivity index (χ0v) is 21.4. The van der Waals surface area contributed by atoms with E-state index in [9.17, 15) is 14.4 Å². The number of methoxy groups -OCH3 is 2. The topological polar surface area (TPSA) is 72.9 Å². The average molecular weight is 518 g/mol. The zero-order valence-electron chi connectivity index (χ0n) is 18.2. The molecule has 170 valence electrons. The molecule has 6 nitrogen and oxygen atoms in total. The standard InChI is InChI=1S/C23H19NO5S4/c1-23(2)18(30)15(22-32-16(20(26)28-3)17(33-22)21(27)29-4)12-8-5-6-9-13(12)24(23)19(25)14-10-7-11-31-14/h5-11H,1-4H3. The molecule has 0 atom stereocenters. The molecule has 0 aliphatic carbocycles. The van der Waals surface area contributed by atoms with Gasteiger partial charge in [-0.3, -0.25) is 9.69 Å². The Morgan fingerprint density at radius 2 is 1.55 bits per heavy atom. The molecular weight excluding hydrogens is 499 g/mol. The van der Waals surface area contributed by atoms with Crippen molar-refractivity contribution in [1.29, 1.82) is 0 Å². The molecule has 1 aromatic carbocycles. The fraction of sp³-hybridized carbons (Fsp3) is 0.217. The van der Waals surface area contributed by atoms with E-state index in [0.29, 0.717) is 19.7 Å². The number of anilines is 1. The van der Waals surface area contributed by atoms with Gasteiger partial charge in [0, 0.05) is 11.1 Å². The van der Waals surface area contributed by atoms with Crippen LogP contribution in [0.2, 0.25) is 0 Å². The average Bonchev–Trinajstić information content (AvgIpc) is 3.49. The second-order valence-electron chi connectivity index (χ2n) is 7.53. The first-order valence-corrected chi connectivity index (χ1v) is 12.7. The quantitative estimate of drug-likeness (QED) is 0.310. The monoisotopic (exact) mass is 517 g/mol. The van der Waals surface area contributed by atoms with Crippen LogP contribution in [0.15, 0.2) is 55.8 Å². The Morgan fingerprint density at radius 3 is 2.09 bits per heavy atom. The molecule has 0 unspecified atom stereocenters. The van der Waals surface area contributed by atoms with Crippen molar-refractivity contribution in [2.24, 2.45) is 0 Å². The van der Waals surface area contributed by atoms with Gasteiger partial charge in [0.15, 0.2) is 0 Å². The number of amides is 1. The normalized spacial score (nSPS) is 17.2. The third-order valence-electron chi connectivity index (χ3n) is 5.23. The SMILES string of the molecule is COC(=O)C1=C(C(=O)OC)SC(=C2C(=S)C(C)(C)N(C(=O)c3cccs3)c3ccccc32)S1. The Labute approximate surface area is 209 Å². The van der Waals surface area contributed by atoms with Gasteiger partial charge in [0.25, 0.3) is 5.91 Å². The first-order valence-electron chi connectivity index (χ1n) is 9.75. The van der Waals surface area contributed by atoms with Gasteiger partial charge in [-0.1, -0.05) is 60.0 Å². The van der Waals surface area contributed by atoms with Crippen LogP contribution >= 0.6 is 47.1 Å². The van der Waals surface area contributed by atoms with Gasteiger partial charge < -0.3 is 9.47 Å². The number of fused-ring (bicyclic) bond motifs is 1. The van der Waals surface area contributed by atoms with E-state index in [2.05, 4.69) is 0 Å². The maximum atomic E-state index is 13.5. The largest absolute Gasteiger partial charge is 0.465 e.